The number of benzene rings is 1. The third kappa shape index (κ3) is 2.92. The SMILES string of the molecule is [O-]/[N+](=C\c1ccncc1)Cc1ccccc1. The number of pyridine rings is 1. The molecule has 0 aliphatic carbocycles. The number of hydroxylamine groups is 1. The Morgan fingerprint density at radius 3 is 2.44 bits per heavy atom. The minimum atomic E-state index is 0.364. The van der Waals surface area contributed by atoms with Crippen LogP contribution in [0.2, 0.25) is 0 Å². The molecule has 3 heteroatoms. The van der Waals surface area contributed by atoms with Crippen LogP contribution in [0.1, 0.15) is 11.1 Å². The van der Waals surface area contributed by atoms with Crippen LogP contribution in [0, 0.1) is 5.21 Å². The van der Waals surface area contributed by atoms with E-state index < -0.39 is 0 Å². The van der Waals surface area contributed by atoms with Gasteiger partial charge in [0.15, 0.2) is 12.8 Å². The summed E-state index contributed by atoms with van der Waals surface area (Å²) in [5.74, 6) is 0. The first-order valence-corrected chi connectivity index (χ1v) is 5.07. The third-order valence-electron chi connectivity index (χ3n) is 2.18. The zero-order chi connectivity index (χ0) is 11.2. The first-order chi connectivity index (χ1) is 7.84. The average Bonchev–Trinajstić information content (AvgIpc) is 2.31. The maximum atomic E-state index is 11.6. The van der Waals surface area contributed by atoms with E-state index in [0.717, 1.165) is 15.9 Å². The summed E-state index contributed by atoms with van der Waals surface area (Å²) >= 11 is 0. The second-order valence-electron chi connectivity index (χ2n) is 3.47. The molecule has 1 aromatic heterocycles. The predicted octanol–water partition coefficient (Wildman–Crippen LogP) is 2.21. The lowest BCUT2D eigenvalue weighted by molar-refractivity contribution is -0.469. The van der Waals surface area contributed by atoms with Crippen molar-refractivity contribution in [2.24, 2.45) is 0 Å². The van der Waals surface area contributed by atoms with Crippen LogP contribution in [0.15, 0.2) is 54.9 Å². The molecule has 0 radical (unpaired) electrons. The van der Waals surface area contributed by atoms with E-state index in [-0.39, 0.29) is 0 Å². The Morgan fingerprint density at radius 1 is 1.06 bits per heavy atom. The summed E-state index contributed by atoms with van der Waals surface area (Å²) in [6.45, 7) is 0.364. The van der Waals surface area contributed by atoms with Crippen LogP contribution >= 0.6 is 0 Å². The van der Waals surface area contributed by atoms with E-state index in [2.05, 4.69) is 4.98 Å². The van der Waals surface area contributed by atoms with Crippen LogP contribution in [0.5, 0.6) is 0 Å². The first-order valence-electron chi connectivity index (χ1n) is 5.07. The molecule has 0 unspecified atom stereocenters. The summed E-state index contributed by atoms with van der Waals surface area (Å²) in [6, 6.07) is 13.3. The minimum absolute atomic E-state index is 0.364. The standard InChI is InChI=1S/C13H12N2O/c16-15(10-12-4-2-1-3-5-12)11-13-6-8-14-9-7-13/h1-9,11H,10H2/b15-11-. The highest BCUT2D eigenvalue weighted by molar-refractivity contribution is 5.75. The lowest BCUT2D eigenvalue weighted by Gasteiger charge is -2.03. The number of rotatable bonds is 3. The summed E-state index contributed by atoms with van der Waals surface area (Å²) in [5, 5.41) is 11.6. The van der Waals surface area contributed by atoms with Crippen LogP contribution in [0.25, 0.3) is 0 Å². The largest absolute Gasteiger partial charge is 0.624 e. The van der Waals surface area contributed by atoms with Gasteiger partial charge in [-0.1, -0.05) is 30.3 Å². The molecule has 1 aromatic carbocycles. The molecule has 80 valence electrons. The van der Waals surface area contributed by atoms with E-state index in [0.29, 0.717) is 6.54 Å². The highest BCUT2D eigenvalue weighted by Gasteiger charge is 1.97. The number of nitrogens with zero attached hydrogens (tertiary/aromatic N) is 2. The summed E-state index contributed by atoms with van der Waals surface area (Å²) in [4.78, 5) is 3.90. The van der Waals surface area contributed by atoms with Crippen molar-refractivity contribution in [1.82, 2.24) is 4.98 Å². The Labute approximate surface area is 94.3 Å². The quantitative estimate of drug-likeness (QED) is 0.338. The molecule has 0 fully saturated rings. The van der Waals surface area contributed by atoms with Gasteiger partial charge >= 0.3 is 0 Å². The van der Waals surface area contributed by atoms with E-state index in [1.165, 1.54) is 0 Å². The van der Waals surface area contributed by atoms with Gasteiger partial charge in [-0.25, -0.2) is 4.74 Å². The van der Waals surface area contributed by atoms with Gasteiger partial charge in [-0.3, -0.25) is 4.98 Å². The van der Waals surface area contributed by atoms with Crippen LogP contribution in [0.3, 0.4) is 0 Å². The van der Waals surface area contributed by atoms with Crippen molar-refractivity contribution >= 4 is 6.21 Å². The average molecular weight is 212 g/mol. The lowest BCUT2D eigenvalue weighted by Crippen LogP contribution is -2.05. The maximum absolute atomic E-state index is 11.6. The topological polar surface area (TPSA) is 39.0 Å². The molecule has 0 aliphatic rings. The Bertz CT molecular complexity index is 466. The van der Waals surface area contributed by atoms with Gasteiger partial charge in [0.25, 0.3) is 0 Å². The highest BCUT2D eigenvalue weighted by Crippen LogP contribution is 2.00. The van der Waals surface area contributed by atoms with Gasteiger partial charge in [0.1, 0.15) is 0 Å². The Morgan fingerprint density at radius 2 is 1.75 bits per heavy atom. The van der Waals surface area contributed by atoms with Crippen molar-refractivity contribution in [2.75, 3.05) is 0 Å². The normalized spacial score (nSPS) is 11.4. The van der Waals surface area contributed by atoms with Gasteiger partial charge in [-0.2, -0.15) is 0 Å². The molecule has 0 spiro atoms. The molecule has 0 aliphatic heterocycles. The zero-order valence-corrected chi connectivity index (χ0v) is 8.78. The fourth-order valence-corrected chi connectivity index (χ4v) is 1.42. The van der Waals surface area contributed by atoms with Crippen molar-refractivity contribution in [3.63, 3.8) is 0 Å². The Hall–Kier alpha value is -2.16. The van der Waals surface area contributed by atoms with Crippen LogP contribution < -0.4 is 0 Å². The first kappa shape index (κ1) is 10.4. The van der Waals surface area contributed by atoms with E-state index >= 15 is 0 Å². The molecule has 0 amide bonds. The van der Waals surface area contributed by atoms with Gasteiger partial charge in [-0.05, 0) is 12.1 Å². The third-order valence-corrected chi connectivity index (χ3v) is 2.18. The van der Waals surface area contributed by atoms with Crippen molar-refractivity contribution in [3.05, 3.63) is 71.2 Å². The monoisotopic (exact) mass is 212 g/mol. The fourth-order valence-electron chi connectivity index (χ4n) is 1.42. The summed E-state index contributed by atoms with van der Waals surface area (Å²) in [7, 11) is 0. The lowest BCUT2D eigenvalue weighted by atomic mass is 10.2. The van der Waals surface area contributed by atoms with Gasteiger partial charge in [0.2, 0.25) is 0 Å². The minimum Gasteiger partial charge on any atom is -0.624 e. The van der Waals surface area contributed by atoms with Crippen molar-refractivity contribution in [1.29, 1.82) is 0 Å². The van der Waals surface area contributed by atoms with Gasteiger partial charge in [0.05, 0.1) is 0 Å². The molecule has 0 atom stereocenters. The van der Waals surface area contributed by atoms with E-state index in [9.17, 15) is 5.21 Å². The fraction of sp³-hybridized carbons (Fsp3) is 0.0769. The van der Waals surface area contributed by atoms with Crippen LogP contribution in [-0.2, 0) is 6.54 Å². The molecule has 0 saturated heterocycles. The molecule has 0 saturated carbocycles. The van der Waals surface area contributed by atoms with Crippen molar-refractivity contribution < 1.29 is 4.74 Å². The Balaban J connectivity index is 2.09. The predicted molar refractivity (Wildman–Crippen MR) is 63.2 cm³/mol. The molecular formula is C13H12N2O. The highest BCUT2D eigenvalue weighted by atomic mass is 16.5. The molecule has 2 rings (SSSR count). The number of hydrogen-bond acceptors (Lipinski definition) is 2. The molecule has 0 N–H and O–H groups in total. The van der Waals surface area contributed by atoms with E-state index in [1.54, 1.807) is 30.7 Å². The summed E-state index contributed by atoms with van der Waals surface area (Å²) in [5.41, 5.74) is 1.86. The second kappa shape index (κ2) is 5.07. The smallest absolute Gasteiger partial charge is 0.182 e. The van der Waals surface area contributed by atoms with Crippen LogP contribution in [0.4, 0.5) is 0 Å². The molecule has 2 aromatic rings. The number of aromatic nitrogens is 1. The molecule has 3 nitrogen and oxygen atoms in total. The van der Waals surface area contributed by atoms with E-state index in [1.807, 2.05) is 30.3 Å². The molecule has 16 heavy (non-hydrogen) atoms. The second-order valence-corrected chi connectivity index (χ2v) is 3.47. The molecule has 1 heterocycles. The molecule has 0 bridgehead atoms. The van der Waals surface area contributed by atoms with Gasteiger partial charge in [-0.15, -0.1) is 0 Å². The summed E-state index contributed by atoms with van der Waals surface area (Å²) in [6.07, 6.45) is 4.90. The van der Waals surface area contributed by atoms with Crippen molar-refractivity contribution in [3.8, 4) is 0 Å². The summed E-state index contributed by atoms with van der Waals surface area (Å²) < 4.78 is 0.921. The van der Waals surface area contributed by atoms with Gasteiger partial charge < -0.3 is 5.21 Å². The maximum Gasteiger partial charge on any atom is 0.182 e. The van der Waals surface area contributed by atoms with Crippen molar-refractivity contribution in [2.45, 2.75) is 6.54 Å². The zero-order valence-electron chi connectivity index (χ0n) is 8.78. The van der Waals surface area contributed by atoms with Gasteiger partial charge in [0, 0.05) is 23.5 Å². The van der Waals surface area contributed by atoms with Crippen LogP contribution in [-0.4, -0.2) is 15.9 Å². The molecular weight excluding hydrogens is 200 g/mol. The Kier molecular flexibility index (Phi) is 3.28. The number of hydrogen-bond donors (Lipinski definition) is 0. The van der Waals surface area contributed by atoms with E-state index in [4.69, 9.17) is 0 Å².